The Hall–Kier alpha value is -3.36. The van der Waals surface area contributed by atoms with Crippen molar-refractivity contribution in [2.24, 2.45) is 0 Å². The van der Waals surface area contributed by atoms with E-state index in [0.29, 0.717) is 50.2 Å². The summed E-state index contributed by atoms with van der Waals surface area (Å²) >= 11 is 0. The van der Waals surface area contributed by atoms with Crippen molar-refractivity contribution in [3.63, 3.8) is 0 Å². The van der Waals surface area contributed by atoms with Crippen molar-refractivity contribution in [1.82, 2.24) is 19.8 Å². The molecule has 4 rings (SSSR count). The monoisotopic (exact) mass is 452 g/mol. The predicted octanol–water partition coefficient (Wildman–Crippen LogP) is 2.69. The summed E-state index contributed by atoms with van der Waals surface area (Å²) in [5, 5.41) is 3.52. The molecule has 1 aromatic carbocycles. The lowest BCUT2D eigenvalue weighted by molar-refractivity contribution is -0.129. The maximum absolute atomic E-state index is 13.1. The lowest BCUT2D eigenvalue weighted by Crippen LogP contribution is -2.48. The van der Waals surface area contributed by atoms with Crippen molar-refractivity contribution >= 4 is 23.6 Å². The van der Waals surface area contributed by atoms with Crippen LogP contribution in [0.3, 0.4) is 0 Å². The van der Waals surface area contributed by atoms with Gasteiger partial charge in [-0.2, -0.15) is 4.98 Å². The largest absolute Gasteiger partial charge is 0.497 e. The van der Waals surface area contributed by atoms with E-state index in [1.165, 1.54) is 0 Å². The highest BCUT2D eigenvalue weighted by atomic mass is 16.5. The number of carbonyl (C=O) groups excluding carboxylic acids is 2. The molecule has 0 saturated carbocycles. The molecule has 2 aromatic rings. The molecule has 1 aromatic heterocycles. The fourth-order valence-corrected chi connectivity index (χ4v) is 4.26. The number of aromatic nitrogens is 2. The molecular weight excluding hydrogens is 420 g/mol. The van der Waals surface area contributed by atoms with Gasteiger partial charge in [0.15, 0.2) is 0 Å². The molecule has 1 saturated heterocycles. The molecule has 2 amide bonds. The van der Waals surface area contributed by atoms with Crippen LogP contribution in [0.4, 0.5) is 11.8 Å². The zero-order valence-electron chi connectivity index (χ0n) is 20.0. The molecule has 1 N–H and O–H groups in total. The maximum atomic E-state index is 13.1. The van der Waals surface area contributed by atoms with Gasteiger partial charge in [-0.1, -0.05) is 12.1 Å². The van der Waals surface area contributed by atoms with E-state index in [1.807, 2.05) is 52.8 Å². The standard InChI is InChI=1S/C24H32N6O3/c1-15(2)30-14-20-21(23(30)32)26-24(29-12-10-28(11-13-29)17(4)31)27-22(20)25-16(3)18-6-8-19(33-5)9-7-18/h6-9,15-16H,10-14H2,1-5H3,(H,25,26,27)/t16-/m0/s1. The van der Waals surface area contributed by atoms with Gasteiger partial charge in [0.2, 0.25) is 11.9 Å². The second-order valence-electron chi connectivity index (χ2n) is 8.86. The van der Waals surface area contributed by atoms with E-state index in [0.717, 1.165) is 16.9 Å². The minimum atomic E-state index is -0.0637. The molecule has 33 heavy (non-hydrogen) atoms. The molecular formula is C24H32N6O3. The summed E-state index contributed by atoms with van der Waals surface area (Å²) in [6.07, 6.45) is 0. The van der Waals surface area contributed by atoms with Crippen LogP contribution >= 0.6 is 0 Å². The quantitative estimate of drug-likeness (QED) is 0.721. The Kier molecular flexibility index (Phi) is 6.40. The zero-order chi connectivity index (χ0) is 23.7. The van der Waals surface area contributed by atoms with Crippen LogP contribution in [-0.4, -0.2) is 70.9 Å². The highest BCUT2D eigenvalue weighted by Gasteiger charge is 2.35. The number of nitrogens with zero attached hydrogens (tertiary/aromatic N) is 5. The molecule has 9 heteroatoms. The van der Waals surface area contributed by atoms with Crippen molar-refractivity contribution in [2.75, 3.05) is 43.5 Å². The fraction of sp³-hybridized carbons (Fsp3) is 0.500. The van der Waals surface area contributed by atoms with Crippen LogP contribution in [0.15, 0.2) is 24.3 Å². The Morgan fingerprint density at radius 1 is 1.06 bits per heavy atom. The molecule has 3 heterocycles. The summed E-state index contributed by atoms with van der Waals surface area (Å²) in [6, 6.07) is 7.95. The third-order valence-corrected chi connectivity index (χ3v) is 6.39. The number of carbonyl (C=O) groups is 2. The number of anilines is 2. The number of piperazine rings is 1. The Bertz CT molecular complexity index is 1030. The van der Waals surface area contributed by atoms with Crippen LogP contribution in [-0.2, 0) is 11.3 Å². The van der Waals surface area contributed by atoms with Gasteiger partial charge < -0.3 is 24.8 Å². The molecule has 9 nitrogen and oxygen atoms in total. The van der Waals surface area contributed by atoms with Crippen LogP contribution in [0.5, 0.6) is 5.75 Å². The van der Waals surface area contributed by atoms with Gasteiger partial charge in [0.25, 0.3) is 5.91 Å². The predicted molar refractivity (Wildman–Crippen MR) is 127 cm³/mol. The number of benzene rings is 1. The van der Waals surface area contributed by atoms with E-state index in [9.17, 15) is 9.59 Å². The van der Waals surface area contributed by atoms with Gasteiger partial charge in [0.05, 0.1) is 13.7 Å². The van der Waals surface area contributed by atoms with Crippen molar-refractivity contribution in [1.29, 1.82) is 0 Å². The minimum Gasteiger partial charge on any atom is -0.497 e. The van der Waals surface area contributed by atoms with Crippen LogP contribution in [0.25, 0.3) is 0 Å². The number of ether oxygens (including phenoxy) is 1. The molecule has 2 aliphatic rings. The van der Waals surface area contributed by atoms with Gasteiger partial charge in [-0.25, -0.2) is 4.98 Å². The first-order valence-corrected chi connectivity index (χ1v) is 11.4. The van der Waals surface area contributed by atoms with Gasteiger partial charge in [-0.15, -0.1) is 0 Å². The van der Waals surface area contributed by atoms with Crippen molar-refractivity contribution < 1.29 is 14.3 Å². The van der Waals surface area contributed by atoms with Gasteiger partial charge in [-0.05, 0) is 38.5 Å². The minimum absolute atomic E-state index is 0.0273. The number of hydrogen-bond donors (Lipinski definition) is 1. The molecule has 0 aliphatic carbocycles. The first-order chi connectivity index (χ1) is 15.8. The van der Waals surface area contributed by atoms with E-state index in [4.69, 9.17) is 9.72 Å². The molecule has 2 aliphatic heterocycles. The topological polar surface area (TPSA) is 90.9 Å². The van der Waals surface area contributed by atoms with Crippen LogP contribution in [0.1, 0.15) is 55.4 Å². The highest BCUT2D eigenvalue weighted by Crippen LogP contribution is 2.32. The summed E-state index contributed by atoms with van der Waals surface area (Å²) in [6.45, 7) is 10.7. The van der Waals surface area contributed by atoms with E-state index < -0.39 is 0 Å². The van der Waals surface area contributed by atoms with E-state index >= 15 is 0 Å². The first-order valence-electron chi connectivity index (χ1n) is 11.4. The van der Waals surface area contributed by atoms with Gasteiger partial charge in [0, 0.05) is 50.7 Å². The Labute approximate surface area is 194 Å². The average molecular weight is 453 g/mol. The fourth-order valence-electron chi connectivity index (χ4n) is 4.26. The summed E-state index contributed by atoms with van der Waals surface area (Å²) in [7, 11) is 1.65. The van der Waals surface area contributed by atoms with E-state index in [-0.39, 0.29) is 23.9 Å². The SMILES string of the molecule is COc1ccc([C@H](C)Nc2nc(N3CCN(C(C)=O)CC3)nc3c2CN(C(C)C)C3=O)cc1. The van der Waals surface area contributed by atoms with Crippen molar-refractivity contribution in [2.45, 2.75) is 46.3 Å². The summed E-state index contributed by atoms with van der Waals surface area (Å²) in [4.78, 5) is 40.1. The van der Waals surface area contributed by atoms with E-state index in [2.05, 4.69) is 17.2 Å². The molecule has 176 valence electrons. The molecule has 0 bridgehead atoms. The van der Waals surface area contributed by atoms with Crippen LogP contribution < -0.4 is 15.0 Å². The molecule has 1 fully saturated rings. The van der Waals surface area contributed by atoms with Crippen LogP contribution in [0.2, 0.25) is 0 Å². The number of rotatable bonds is 6. The Morgan fingerprint density at radius 3 is 2.30 bits per heavy atom. The molecule has 0 radical (unpaired) electrons. The van der Waals surface area contributed by atoms with Crippen LogP contribution in [0, 0.1) is 0 Å². The lowest BCUT2D eigenvalue weighted by Gasteiger charge is -2.34. The Balaban J connectivity index is 1.64. The smallest absolute Gasteiger partial charge is 0.273 e. The average Bonchev–Trinajstić information content (AvgIpc) is 3.16. The highest BCUT2D eigenvalue weighted by molar-refractivity contribution is 5.98. The number of amides is 2. The second kappa shape index (κ2) is 9.25. The Morgan fingerprint density at radius 2 is 1.73 bits per heavy atom. The third kappa shape index (κ3) is 4.58. The summed E-state index contributed by atoms with van der Waals surface area (Å²) in [5.41, 5.74) is 2.39. The van der Waals surface area contributed by atoms with Gasteiger partial charge in [-0.3, -0.25) is 9.59 Å². The summed E-state index contributed by atoms with van der Waals surface area (Å²) in [5.74, 6) is 2.03. The number of hydrogen-bond acceptors (Lipinski definition) is 7. The number of fused-ring (bicyclic) bond motifs is 1. The number of methoxy groups -OCH3 is 1. The first kappa shape index (κ1) is 22.8. The normalized spacial score (nSPS) is 16.8. The van der Waals surface area contributed by atoms with Gasteiger partial charge in [0.1, 0.15) is 17.3 Å². The number of nitrogens with one attached hydrogen (secondary N) is 1. The summed E-state index contributed by atoms with van der Waals surface area (Å²) < 4.78 is 5.26. The third-order valence-electron chi connectivity index (χ3n) is 6.39. The maximum Gasteiger partial charge on any atom is 0.273 e. The van der Waals surface area contributed by atoms with E-state index in [1.54, 1.807) is 14.0 Å². The molecule has 0 unspecified atom stereocenters. The molecule has 0 spiro atoms. The molecule has 1 atom stereocenters. The van der Waals surface area contributed by atoms with Crippen molar-refractivity contribution in [3.05, 3.63) is 41.1 Å². The zero-order valence-corrected chi connectivity index (χ0v) is 20.0. The second-order valence-corrected chi connectivity index (χ2v) is 8.86. The lowest BCUT2D eigenvalue weighted by atomic mass is 10.1. The van der Waals surface area contributed by atoms with Gasteiger partial charge >= 0.3 is 0 Å². The van der Waals surface area contributed by atoms with Crippen molar-refractivity contribution in [3.8, 4) is 5.75 Å².